The van der Waals surface area contributed by atoms with Crippen LogP contribution in [0.3, 0.4) is 0 Å². The van der Waals surface area contributed by atoms with Crippen molar-refractivity contribution in [2.45, 2.75) is 32.4 Å². The van der Waals surface area contributed by atoms with Crippen molar-refractivity contribution >= 4 is 11.1 Å². The molecule has 4 rings (SSSR count). The topological polar surface area (TPSA) is 38.4 Å². The van der Waals surface area contributed by atoms with Crippen LogP contribution in [0, 0.1) is 0 Å². The van der Waals surface area contributed by atoms with Gasteiger partial charge in [0, 0.05) is 19.6 Å². The maximum absolute atomic E-state index is 12.0. The highest BCUT2D eigenvalue weighted by molar-refractivity contribution is 5.72. The van der Waals surface area contributed by atoms with Gasteiger partial charge >= 0.3 is 5.76 Å². The first kappa shape index (κ1) is 15.2. The van der Waals surface area contributed by atoms with Gasteiger partial charge in [0.25, 0.3) is 0 Å². The summed E-state index contributed by atoms with van der Waals surface area (Å²) in [5.41, 5.74) is 4.52. The minimum Gasteiger partial charge on any atom is -0.408 e. The number of rotatable bonds is 5. The van der Waals surface area contributed by atoms with Crippen molar-refractivity contribution in [3.05, 3.63) is 70.2 Å². The maximum Gasteiger partial charge on any atom is 0.419 e. The van der Waals surface area contributed by atoms with Crippen LogP contribution < -0.4 is 5.76 Å². The minimum absolute atomic E-state index is 0.247. The summed E-state index contributed by atoms with van der Waals surface area (Å²) in [7, 11) is 0. The highest BCUT2D eigenvalue weighted by atomic mass is 16.4. The lowest BCUT2D eigenvalue weighted by Crippen LogP contribution is -2.31. The zero-order valence-corrected chi connectivity index (χ0v) is 13.8. The summed E-state index contributed by atoms with van der Waals surface area (Å²) in [6.45, 7) is 3.98. The summed E-state index contributed by atoms with van der Waals surface area (Å²) in [5, 5.41) is 0. The van der Waals surface area contributed by atoms with Crippen LogP contribution >= 0.6 is 0 Å². The van der Waals surface area contributed by atoms with E-state index in [1.54, 1.807) is 4.57 Å². The van der Waals surface area contributed by atoms with Crippen LogP contribution in [0.25, 0.3) is 11.1 Å². The van der Waals surface area contributed by atoms with Crippen molar-refractivity contribution < 1.29 is 4.42 Å². The monoisotopic (exact) mass is 322 g/mol. The Morgan fingerprint density at radius 2 is 1.67 bits per heavy atom. The molecule has 0 fully saturated rings. The average Bonchev–Trinajstić information content (AvgIpc) is 2.94. The SMILES string of the molecule is O=c1oc2ccccc2n1CCCCN1CCc2ccccc2C1. The fourth-order valence-corrected chi connectivity index (χ4v) is 3.58. The quantitative estimate of drug-likeness (QED) is 0.676. The van der Waals surface area contributed by atoms with Crippen molar-refractivity contribution in [1.82, 2.24) is 9.47 Å². The highest BCUT2D eigenvalue weighted by Crippen LogP contribution is 2.19. The first-order valence-corrected chi connectivity index (χ1v) is 8.69. The average molecular weight is 322 g/mol. The molecule has 0 unspecified atom stereocenters. The van der Waals surface area contributed by atoms with E-state index in [2.05, 4.69) is 29.2 Å². The number of unbranched alkanes of at least 4 members (excludes halogenated alkanes) is 1. The fraction of sp³-hybridized carbons (Fsp3) is 0.350. The molecule has 0 bridgehead atoms. The molecule has 0 radical (unpaired) electrons. The van der Waals surface area contributed by atoms with E-state index in [1.807, 2.05) is 24.3 Å². The van der Waals surface area contributed by atoms with Crippen molar-refractivity contribution in [3.8, 4) is 0 Å². The predicted molar refractivity (Wildman–Crippen MR) is 95.1 cm³/mol. The van der Waals surface area contributed by atoms with Crippen molar-refractivity contribution in [3.63, 3.8) is 0 Å². The van der Waals surface area contributed by atoms with Crippen LogP contribution in [0.15, 0.2) is 57.7 Å². The number of nitrogens with zero attached hydrogens (tertiary/aromatic N) is 2. The molecule has 0 aliphatic carbocycles. The number of para-hydroxylation sites is 2. The van der Waals surface area contributed by atoms with Gasteiger partial charge in [0.2, 0.25) is 0 Å². The number of aryl methyl sites for hydroxylation is 1. The molecule has 3 aromatic rings. The predicted octanol–water partition coefficient (Wildman–Crippen LogP) is 3.43. The smallest absolute Gasteiger partial charge is 0.408 e. The van der Waals surface area contributed by atoms with Crippen molar-refractivity contribution in [1.29, 1.82) is 0 Å². The summed E-state index contributed by atoms with van der Waals surface area (Å²) in [5.74, 6) is -0.247. The van der Waals surface area contributed by atoms with E-state index >= 15 is 0 Å². The van der Waals surface area contributed by atoms with Gasteiger partial charge in [-0.2, -0.15) is 0 Å². The molecule has 4 heteroatoms. The molecule has 0 saturated carbocycles. The van der Waals surface area contributed by atoms with Crippen LogP contribution in [-0.2, 0) is 19.5 Å². The number of aromatic nitrogens is 1. The molecular formula is C20H22N2O2. The first-order chi connectivity index (χ1) is 11.8. The lowest BCUT2D eigenvalue weighted by Gasteiger charge is -2.28. The Morgan fingerprint density at radius 1 is 0.917 bits per heavy atom. The van der Waals surface area contributed by atoms with Crippen molar-refractivity contribution in [2.24, 2.45) is 0 Å². The molecular weight excluding hydrogens is 300 g/mol. The normalized spacial score (nSPS) is 14.8. The molecule has 1 aliphatic rings. The summed E-state index contributed by atoms with van der Waals surface area (Å²) in [6, 6.07) is 16.4. The van der Waals surface area contributed by atoms with Crippen LogP contribution in [0.1, 0.15) is 24.0 Å². The van der Waals surface area contributed by atoms with Crippen LogP contribution in [0.5, 0.6) is 0 Å². The Balaban J connectivity index is 1.32. The van der Waals surface area contributed by atoms with Gasteiger partial charge in [0.05, 0.1) is 5.52 Å². The minimum atomic E-state index is -0.247. The Bertz CT molecular complexity index is 894. The fourth-order valence-electron chi connectivity index (χ4n) is 3.58. The Morgan fingerprint density at radius 3 is 2.58 bits per heavy atom. The van der Waals surface area contributed by atoms with Gasteiger partial charge in [-0.25, -0.2) is 4.79 Å². The highest BCUT2D eigenvalue weighted by Gasteiger charge is 2.15. The maximum atomic E-state index is 12.0. The lowest BCUT2D eigenvalue weighted by molar-refractivity contribution is 0.247. The van der Waals surface area contributed by atoms with Gasteiger partial charge in [0.1, 0.15) is 0 Å². The molecule has 124 valence electrons. The number of hydrogen-bond donors (Lipinski definition) is 0. The molecule has 0 N–H and O–H groups in total. The summed E-state index contributed by atoms with van der Waals surface area (Å²) in [4.78, 5) is 14.5. The molecule has 0 spiro atoms. The van der Waals surface area contributed by atoms with Gasteiger partial charge in [-0.3, -0.25) is 9.47 Å². The zero-order valence-electron chi connectivity index (χ0n) is 13.8. The van der Waals surface area contributed by atoms with E-state index in [-0.39, 0.29) is 5.76 Å². The Labute approximate surface area is 141 Å². The molecule has 0 saturated heterocycles. The zero-order chi connectivity index (χ0) is 16.4. The standard InChI is InChI=1S/C20H22N2O2/c23-20-22(18-9-3-4-10-19(18)24-20)13-6-5-12-21-14-11-16-7-1-2-8-17(16)15-21/h1-4,7-10H,5-6,11-15H2. The van der Waals surface area contributed by atoms with Gasteiger partial charge in [-0.15, -0.1) is 0 Å². The molecule has 0 atom stereocenters. The van der Waals surface area contributed by atoms with Gasteiger partial charge in [0.15, 0.2) is 5.58 Å². The van der Waals surface area contributed by atoms with Crippen molar-refractivity contribution in [2.75, 3.05) is 13.1 Å². The third-order valence-electron chi connectivity index (χ3n) is 4.89. The second kappa shape index (κ2) is 6.65. The van der Waals surface area contributed by atoms with Crippen LogP contribution in [0.4, 0.5) is 0 Å². The van der Waals surface area contributed by atoms with Gasteiger partial charge in [-0.1, -0.05) is 36.4 Å². The molecule has 2 aromatic carbocycles. The van der Waals surface area contributed by atoms with Crippen LogP contribution in [0.2, 0.25) is 0 Å². The second-order valence-corrected chi connectivity index (χ2v) is 6.49. The molecule has 1 aliphatic heterocycles. The lowest BCUT2D eigenvalue weighted by atomic mass is 10.00. The molecule has 24 heavy (non-hydrogen) atoms. The van der Waals surface area contributed by atoms with E-state index in [0.29, 0.717) is 5.58 Å². The third-order valence-corrected chi connectivity index (χ3v) is 4.89. The molecule has 0 amide bonds. The molecule has 2 heterocycles. The van der Waals surface area contributed by atoms with E-state index in [1.165, 1.54) is 11.1 Å². The van der Waals surface area contributed by atoms with E-state index in [4.69, 9.17) is 4.42 Å². The van der Waals surface area contributed by atoms with E-state index < -0.39 is 0 Å². The number of oxazole rings is 1. The van der Waals surface area contributed by atoms with E-state index in [0.717, 1.165) is 51.0 Å². The van der Waals surface area contributed by atoms with Crippen LogP contribution in [-0.4, -0.2) is 22.6 Å². The summed E-state index contributed by atoms with van der Waals surface area (Å²) < 4.78 is 7.03. The summed E-state index contributed by atoms with van der Waals surface area (Å²) >= 11 is 0. The summed E-state index contributed by atoms with van der Waals surface area (Å²) in [6.07, 6.45) is 3.22. The number of hydrogen-bond acceptors (Lipinski definition) is 3. The Kier molecular flexibility index (Phi) is 4.22. The van der Waals surface area contributed by atoms with Gasteiger partial charge in [-0.05, 0) is 49.1 Å². The van der Waals surface area contributed by atoms with E-state index in [9.17, 15) is 4.79 Å². The van der Waals surface area contributed by atoms with Gasteiger partial charge < -0.3 is 4.42 Å². The third kappa shape index (κ3) is 3.02. The molecule has 1 aromatic heterocycles. The number of benzene rings is 2. The Hall–Kier alpha value is -2.33. The second-order valence-electron chi connectivity index (χ2n) is 6.49. The number of fused-ring (bicyclic) bond motifs is 2. The first-order valence-electron chi connectivity index (χ1n) is 8.69. The largest absolute Gasteiger partial charge is 0.419 e. The molecule has 4 nitrogen and oxygen atoms in total.